The van der Waals surface area contributed by atoms with Gasteiger partial charge in [0.15, 0.2) is 0 Å². The molecule has 0 aliphatic rings. The molecule has 1 aromatic carbocycles. The van der Waals surface area contributed by atoms with Crippen LogP contribution in [0.1, 0.15) is 17.3 Å². The second-order valence-electron chi connectivity index (χ2n) is 3.60. The molecule has 86 valence electrons. The van der Waals surface area contributed by atoms with Gasteiger partial charge in [-0.05, 0) is 31.2 Å². The van der Waals surface area contributed by atoms with Crippen LogP contribution in [0.15, 0.2) is 24.3 Å². The van der Waals surface area contributed by atoms with Crippen LogP contribution in [0.4, 0.5) is 5.69 Å². The maximum Gasteiger partial charge on any atom is 0.337 e. The highest BCUT2D eigenvalue weighted by atomic mass is 16.5. The Bertz CT molecular complexity index is 384. The molecule has 1 rings (SSSR count). The van der Waals surface area contributed by atoms with Gasteiger partial charge in [0.2, 0.25) is 0 Å². The lowest BCUT2D eigenvalue weighted by atomic mass is 10.2. The monoisotopic (exact) mass is 221 g/mol. The molecule has 0 fully saturated rings. The molecule has 1 aromatic rings. The molecule has 0 heterocycles. The normalized spacial score (nSPS) is 9.69. The summed E-state index contributed by atoms with van der Waals surface area (Å²) in [5.41, 5.74) is 1.39. The van der Waals surface area contributed by atoms with Gasteiger partial charge in [-0.1, -0.05) is 0 Å². The van der Waals surface area contributed by atoms with Crippen LogP contribution >= 0.6 is 0 Å². The molecule has 0 radical (unpaired) electrons. The van der Waals surface area contributed by atoms with Crippen LogP contribution in [-0.2, 0) is 9.53 Å². The van der Waals surface area contributed by atoms with Crippen molar-refractivity contribution in [3.8, 4) is 0 Å². The minimum absolute atomic E-state index is 0.0968. The first kappa shape index (κ1) is 12.2. The molecule has 0 N–H and O–H groups in total. The van der Waals surface area contributed by atoms with Crippen molar-refractivity contribution in [2.45, 2.75) is 6.92 Å². The van der Waals surface area contributed by atoms with Crippen molar-refractivity contribution in [1.82, 2.24) is 0 Å². The van der Waals surface area contributed by atoms with Gasteiger partial charge in [-0.2, -0.15) is 0 Å². The van der Waals surface area contributed by atoms with Crippen molar-refractivity contribution in [3.63, 3.8) is 0 Å². The number of benzene rings is 1. The number of anilines is 1. The summed E-state index contributed by atoms with van der Waals surface area (Å²) in [6, 6.07) is 6.93. The summed E-state index contributed by atoms with van der Waals surface area (Å²) in [6.45, 7) is 1.90. The second kappa shape index (κ2) is 5.30. The van der Waals surface area contributed by atoms with Crippen molar-refractivity contribution in [2.24, 2.45) is 0 Å². The van der Waals surface area contributed by atoms with Crippen LogP contribution in [0, 0.1) is 0 Å². The quantitative estimate of drug-likeness (QED) is 0.723. The Labute approximate surface area is 94.8 Å². The van der Waals surface area contributed by atoms with Gasteiger partial charge < -0.3 is 9.64 Å². The second-order valence-corrected chi connectivity index (χ2v) is 3.60. The number of esters is 1. The van der Waals surface area contributed by atoms with E-state index in [1.807, 2.05) is 11.9 Å². The van der Waals surface area contributed by atoms with Crippen LogP contribution in [0.3, 0.4) is 0 Å². The van der Waals surface area contributed by atoms with Crippen LogP contribution < -0.4 is 4.90 Å². The van der Waals surface area contributed by atoms with E-state index in [9.17, 15) is 9.59 Å². The number of methoxy groups -OCH3 is 1. The van der Waals surface area contributed by atoms with Gasteiger partial charge >= 0.3 is 5.97 Å². The molecule has 4 nitrogen and oxygen atoms in total. The predicted molar refractivity (Wildman–Crippen MR) is 61.7 cm³/mol. The maximum absolute atomic E-state index is 11.2. The van der Waals surface area contributed by atoms with Gasteiger partial charge in [0, 0.05) is 12.7 Å². The number of carbonyl (C=O) groups is 2. The van der Waals surface area contributed by atoms with E-state index in [1.54, 1.807) is 31.2 Å². The Morgan fingerprint density at radius 3 is 2.25 bits per heavy atom. The zero-order valence-electron chi connectivity index (χ0n) is 9.69. The molecule has 16 heavy (non-hydrogen) atoms. The first-order chi connectivity index (χ1) is 7.54. The lowest BCUT2D eigenvalue weighted by Crippen LogP contribution is -2.23. The van der Waals surface area contributed by atoms with Gasteiger partial charge in [-0.15, -0.1) is 0 Å². The van der Waals surface area contributed by atoms with E-state index >= 15 is 0 Å². The minimum atomic E-state index is -0.360. The van der Waals surface area contributed by atoms with Crippen LogP contribution in [-0.4, -0.2) is 32.5 Å². The molecule has 0 aliphatic carbocycles. The molecule has 0 amide bonds. The fourth-order valence-electron chi connectivity index (χ4n) is 1.40. The smallest absolute Gasteiger partial charge is 0.337 e. The molecule has 0 spiro atoms. The van der Waals surface area contributed by atoms with Gasteiger partial charge in [0.1, 0.15) is 5.78 Å². The summed E-state index contributed by atoms with van der Waals surface area (Å²) in [4.78, 5) is 23.9. The van der Waals surface area contributed by atoms with Crippen molar-refractivity contribution in [2.75, 3.05) is 25.6 Å². The standard InChI is InChI=1S/C12H15NO3/c1-9(14)8-13(2)11-6-4-10(5-7-11)12(15)16-3/h4-7H,8H2,1-3H3. The molecule has 0 aromatic heterocycles. The molecule has 0 unspecified atom stereocenters. The van der Waals surface area contributed by atoms with Gasteiger partial charge in [-0.25, -0.2) is 4.79 Å². The molecule has 0 saturated carbocycles. The van der Waals surface area contributed by atoms with Gasteiger partial charge in [0.05, 0.1) is 19.2 Å². The number of carbonyl (C=O) groups excluding carboxylic acids is 2. The first-order valence-electron chi connectivity index (χ1n) is 4.93. The summed E-state index contributed by atoms with van der Waals surface area (Å²) >= 11 is 0. The highest BCUT2D eigenvalue weighted by Crippen LogP contribution is 2.14. The fraction of sp³-hybridized carbons (Fsp3) is 0.333. The number of ether oxygens (including phenoxy) is 1. The van der Waals surface area contributed by atoms with E-state index in [1.165, 1.54) is 7.11 Å². The predicted octanol–water partition coefficient (Wildman–Crippen LogP) is 1.50. The van der Waals surface area contributed by atoms with Crippen LogP contribution in [0.2, 0.25) is 0 Å². The van der Waals surface area contributed by atoms with E-state index in [0.29, 0.717) is 12.1 Å². The Hall–Kier alpha value is -1.84. The SMILES string of the molecule is COC(=O)c1ccc(N(C)CC(C)=O)cc1. The number of nitrogens with zero attached hydrogens (tertiary/aromatic N) is 1. The Morgan fingerprint density at radius 1 is 1.25 bits per heavy atom. The molecule has 0 aliphatic heterocycles. The van der Waals surface area contributed by atoms with Crippen molar-refractivity contribution in [3.05, 3.63) is 29.8 Å². The minimum Gasteiger partial charge on any atom is -0.465 e. The van der Waals surface area contributed by atoms with Crippen LogP contribution in [0.5, 0.6) is 0 Å². The third-order valence-corrected chi connectivity index (χ3v) is 2.19. The third kappa shape index (κ3) is 3.08. The number of Topliss-reactive ketones (excluding diaryl/α,β-unsaturated/α-hetero) is 1. The van der Waals surface area contributed by atoms with Gasteiger partial charge in [0.25, 0.3) is 0 Å². The van der Waals surface area contributed by atoms with Crippen molar-refractivity contribution >= 4 is 17.4 Å². The highest BCUT2D eigenvalue weighted by molar-refractivity contribution is 5.89. The van der Waals surface area contributed by atoms with E-state index in [0.717, 1.165) is 5.69 Å². The number of ketones is 1. The average molecular weight is 221 g/mol. The lowest BCUT2D eigenvalue weighted by molar-refractivity contribution is -0.115. The molecule has 0 bridgehead atoms. The summed E-state index contributed by atoms with van der Waals surface area (Å²) in [6.07, 6.45) is 0. The Kier molecular flexibility index (Phi) is 4.05. The number of hydrogen-bond donors (Lipinski definition) is 0. The number of hydrogen-bond acceptors (Lipinski definition) is 4. The molecule has 4 heteroatoms. The number of rotatable bonds is 4. The van der Waals surface area contributed by atoms with E-state index < -0.39 is 0 Å². The fourth-order valence-corrected chi connectivity index (χ4v) is 1.40. The highest BCUT2D eigenvalue weighted by Gasteiger charge is 2.07. The summed E-state index contributed by atoms with van der Waals surface area (Å²) in [5, 5.41) is 0. The number of likely N-dealkylation sites (N-methyl/N-ethyl adjacent to an activating group) is 1. The zero-order valence-corrected chi connectivity index (χ0v) is 9.69. The van der Waals surface area contributed by atoms with Crippen molar-refractivity contribution in [1.29, 1.82) is 0 Å². The third-order valence-electron chi connectivity index (χ3n) is 2.19. The molecule has 0 saturated heterocycles. The molecular formula is C12H15NO3. The largest absolute Gasteiger partial charge is 0.465 e. The van der Waals surface area contributed by atoms with Crippen molar-refractivity contribution < 1.29 is 14.3 Å². The average Bonchev–Trinajstić information content (AvgIpc) is 2.27. The lowest BCUT2D eigenvalue weighted by Gasteiger charge is -2.17. The van der Waals surface area contributed by atoms with E-state index in [4.69, 9.17) is 0 Å². The topological polar surface area (TPSA) is 46.6 Å². The van der Waals surface area contributed by atoms with E-state index in [2.05, 4.69) is 4.74 Å². The summed E-state index contributed by atoms with van der Waals surface area (Å²) in [7, 11) is 3.17. The van der Waals surface area contributed by atoms with E-state index in [-0.39, 0.29) is 11.8 Å². The molecule has 0 atom stereocenters. The van der Waals surface area contributed by atoms with Crippen LogP contribution in [0.25, 0.3) is 0 Å². The zero-order chi connectivity index (χ0) is 12.1. The Morgan fingerprint density at radius 2 is 1.81 bits per heavy atom. The first-order valence-corrected chi connectivity index (χ1v) is 4.93. The summed E-state index contributed by atoms with van der Waals surface area (Å²) in [5.74, 6) is -0.264. The Balaban J connectivity index is 2.78. The summed E-state index contributed by atoms with van der Waals surface area (Å²) < 4.78 is 4.59. The maximum atomic E-state index is 11.2. The molecular weight excluding hydrogens is 206 g/mol. The van der Waals surface area contributed by atoms with Gasteiger partial charge in [-0.3, -0.25) is 4.79 Å².